The van der Waals surface area contributed by atoms with Crippen LogP contribution < -0.4 is 10.3 Å². The summed E-state index contributed by atoms with van der Waals surface area (Å²) in [6, 6.07) is 0.129. The van der Waals surface area contributed by atoms with Gasteiger partial charge in [-0.15, -0.1) is 0 Å². The molecule has 1 aliphatic carbocycles. The maximum absolute atomic E-state index is 12.4. The third-order valence-electron chi connectivity index (χ3n) is 3.99. The molecular formula is C15H21NO4. The molecule has 0 bridgehead atoms. The zero-order chi connectivity index (χ0) is 14.9. The molecule has 1 saturated carbocycles. The van der Waals surface area contributed by atoms with Gasteiger partial charge in [-0.05, 0) is 26.7 Å². The van der Waals surface area contributed by atoms with Crippen LogP contribution in [0.2, 0.25) is 0 Å². The number of ether oxygens (including phenoxy) is 1. The van der Waals surface area contributed by atoms with Crippen LogP contribution in [0, 0.1) is 13.8 Å². The highest BCUT2D eigenvalue weighted by molar-refractivity contribution is 5.71. The predicted molar refractivity (Wildman–Crippen MR) is 75.3 cm³/mol. The van der Waals surface area contributed by atoms with Crippen molar-refractivity contribution >= 4 is 5.97 Å². The van der Waals surface area contributed by atoms with Gasteiger partial charge in [-0.25, -0.2) is 0 Å². The van der Waals surface area contributed by atoms with Crippen LogP contribution in [0.25, 0.3) is 0 Å². The highest BCUT2D eigenvalue weighted by Crippen LogP contribution is 2.35. The summed E-state index contributed by atoms with van der Waals surface area (Å²) < 4.78 is 6.78. The monoisotopic (exact) mass is 279 g/mol. The van der Waals surface area contributed by atoms with Crippen LogP contribution in [0.5, 0.6) is 11.5 Å². The largest absolute Gasteiger partial charge is 0.504 e. The zero-order valence-corrected chi connectivity index (χ0v) is 12.2. The Labute approximate surface area is 118 Å². The zero-order valence-electron chi connectivity index (χ0n) is 12.2. The van der Waals surface area contributed by atoms with Crippen molar-refractivity contribution in [2.75, 3.05) is 0 Å². The first-order chi connectivity index (χ1) is 9.43. The normalized spacial score (nSPS) is 16.1. The second-order valence-electron chi connectivity index (χ2n) is 5.45. The number of aromatic hydroxyl groups is 1. The van der Waals surface area contributed by atoms with E-state index in [0.717, 1.165) is 25.7 Å². The minimum atomic E-state index is -0.503. The van der Waals surface area contributed by atoms with Crippen LogP contribution in [0.1, 0.15) is 56.3 Å². The van der Waals surface area contributed by atoms with Crippen molar-refractivity contribution < 1.29 is 14.6 Å². The van der Waals surface area contributed by atoms with E-state index in [2.05, 4.69) is 0 Å². The number of esters is 1. The van der Waals surface area contributed by atoms with E-state index in [1.165, 1.54) is 13.3 Å². The fourth-order valence-corrected chi connectivity index (χ4v) is 2.93. The Morgan fingerprint density at radius 2 is 1.85 bits per heavy atom. The van der Waals surface area contributed by atoms with E-state index in [4.69, 9.17) is 4.74 Å². The Kier molecular flexibility index (Phi) is 4.16. The molecule has 0 amide bonds. The lowest BCUT2D eigenvalue weighted by atomic mass is 9.94. The highest BCUT2D eigenvalue weighted by Gasteiger charge is 2.24. The van der Waals surface area contributed by atoms with Crippen LogP contribution >= 0.6 is 0 Å². The molecule has 1 aliphatic rings. The molecule has 0 saturated heterocycles. The molecule has 1 N–H and O–H groups in total. The van der Waals surface area contributed by atoms with Gasteiger partial charge in [0.2, 0.25) is 0 Å². The van der Waals surface area contributed by atoms with E-state index in [1.54, 1.807) is 18.4 Å². The number of carbonyl (C=O) groups is 1. The molecule has 2 rings (SSSR count). The molecule has 0 atom stereocenters. The SMILES string of the molecule is CC(=O)Oc1c(O)c(C)c(=O)n(C2CCCCC2)c1C. The van der Waals surface area contributed by atoms with Crippen molar-refractivity contribution in [1.82, 2.24) is 4.57 Å². The quantitative estimate of drug-likeness (QED) is 0.845. The molecule has 110 valence electrons. The Balaban J connectivity index is 2.58. The number of hydrogen-bond acceptors (Lipinski definition) is 4. The van der Waals surface area contributed by atoms with Gasteiger partial charge in [0, 0.05) is 13.0 Å². The Morgan fingerprint density at radius 3 is 2.40 bits per heavy atom. The number of aromatic nitrogens is 1. The smallest absolute Gasteiger partial charge is 0.308 e. The summed E-state index contributed by atoms with van der Waals surface area (Å²) in [7, 11) is 0. The Bertz CT molecular complexity index is 583. The number of pyridine rings is 1. The summed E-state index contributed by atoms with van der Waals surface area (Å²) in [5, 5.41) is 10.0. The standard InChI is InChI=1S/C15H21NO4/c1-9-13(18)14(20-11(3)17)10(2)16(15(9)19)12-7-5-4-6-8-12/h12,18H,4-8H2,1-3H3. The molecule has 0 radical (unpaired) electrons. The van der Waals surface area contributed by atoms with Crippen molar-refractivity contribution in [3.63, 3.8) is 0 Å². The van der Waals surface area contributed by atoms with E-state index in [0.29, 0.717) is 5.69 Å². The fourth-order valence-electron chi connectivity index (χ4n) is 2.93. The number of hydrogen-bond donors (Lipinski definition) is 1. The third-order valence-corrected chi connectivity index (χ3v) is 3.99. The lowest BCUT2D eigenvalue weighted by Crippen LogP contribution is -2.30. The molecule has 1 heterocycles. The number of nitrogens with zero attached hydrogens (tertiary/aromatic N) is 1. The van der Waals surface area contributed by atoms with E-state index in [1.807, 2.05) is 0 Å². The molecule has 5 heteroatoms. The summed E-state index contributed by atoms with van der Waals surface area (Å²) in [5.74, 6) is -0.619. The molecule has 0 aliphatic heterocycles. The van der Waals surface area contributed by atoms with Gasteiger partial charge >= 0.3 is 5.97 Å². The van der Waals surface area contributed by atoms with Gasteiger partial charge in [0.05, 0.1) is 11.3 Å². The molecule has 0 spiro atoms. The van der Waals surface area contributed by atoms with Crippen molar-refractivity contribution in [2.24, 2.45) is 0 Å². The number of carbonyl (C=O) groups excluding carboxylic acids is 1. The highest BCUT2D eigenvalue weighted by atomic mass is 16.5. The summed E-state index contributed by atoms with van der Waals surface area (Å²) in [6.07, 6.45) is 5.28. The van der Waals surface area contributed by atoms with Crippen molar-refractivity contribution in [1.29, 1.82) is 0 Å². The summed E-state index contributed by atoms with van der Waals surface area (Å²) in [6.45, 7) is 4.56. The first kappa shape index (κ1) is 14.6. The second kappa shape index (κ2) is 5.69. The Morgan fingerprint density at radius 1 is 1.25 bits per heavy atom. The third kappa shape index (κ3) is 2.57. The van der Waals surface area contributed by atoms with E-state index >= 15 is 0 Å². The molecule has 1 fully saturated rings. The minimum Gasteiger partial charge on any atom is -0.504 e. The lowest BCUT2D eigenvalue weighted by Gasteiger charge is -2.27. The van der Waals surface area contributed by atoms with Gasteiger partial charge in [-0.1, -0.05) is 19.3 Å². The van der Waals surface area contributed by atoms with Gasteiger partial charge in [-0.3, -0.25) is 9.59 Å². The molecule has 0 unspecified atom stereocenters. The summed E-state index contributed by atoms with van der Waals surface area (Å²) in [4.78, 5) is 23.6. The van der Waals surface area contributed by atoms with E-state index in [-0.39, 0.29) is 28.7 Å². The molecule has 1 aromatic heterocycles. The molecular weight excluding hydrogens is 258 g/mol. The van der Waals surface area contributed by atoms with Gasteiger partial charge < -0.3 is 14.4 Å². The van der Waals surface area contributed by atoms with Crippen LogP contribution in [0.15, 0.2) is 4.79 Å². The fraction of sp³-hybridized carbons (Fsp3) is 0.600. The molecule has 0 aromatic carbocycles. The summed E-state index contributed by atoms with van der Waals surface area (Å²) >= 11 is 0. The maximum Gasteiger partial charge on any atom is 0.308 e. The topological polar surface area (TPSA) is 68.5 Å². The summed E-state index contributed by atoms with van der Waals surface area (Å²) in [5.41, 5.74) is 0.570. The van der Waals surface area contributed by atoms with Crippen molar-refractivity contribution in [3.8, 4) is 11.5 Å². The van der Waals surface area contributed by atoms with Gasteiger partial charge in [0.15, 0.2) is 11.5 Å². The average molecular weight is 279 g/mol. The van der Waals surface area contributed by atoms with Crippen molar-refractivity contribution in [3.05, 3.63) is 21.6 Å². The Hall–Kier alpha value is -1.78. The van der Waals surface area contributed by atoms with Crippen LogP contribution in [-0.4, -0.2) is 15.6 Å². The average Bonchev–Trinajstić information content (AvgIpc) is 2.42. The van der Waals surface area contributed by atoms with Crippen molar-refractivity contribution in [2.45, 2.75) is 58.9 Å². The predicted octanol–water partition coefficient (Wildman–Crippen LogP) is 2.60. The van der Waals surface area contributed by atoms with Crippen LogP contribution in [0.4, 0.5) is 0 Å². The molecule has 20 heavy (non-hydrogen) atoms. The molecule has 5 nitrogen and oxygen atoms in total. The first-order valence-corrected chi connectivity index (χ1v) is 7.06. The maximum atomic E-state index is 12.4. The van der Waals surface area contributed by atoms with Gasteiger partial charge in [-0.2, -0.15) is 0 Å². The lowest BCUT2D eigenvalue weighted by molar-refractivity contribution is -0.132. The van der Waals surface area contributed by atoms with Gasteiger partial charge in [0.1, 0.15) is 0 Å². The van der Waals surface area contributed by atoms with Crippen LogP contribution in [-0.2, 0) is 4.79 Å². The first-order valence-electron chi connectivity index (χ1n) is 7.06. The minimum absolute atomic E-state index is 0.111. The number of rotatable bonds is 2. The van der Waals surface area contributed by atoms with E-state index < -0.39 is 5.97 Å². The molecule has 1 aromatic rings. The van der Waals surface area contributed by atoms with Gasteiger partial charge in [0.25, 0.3) is 5.56 Å². The second-order valence-corrected chi connectivity index (χ2v) is 5.45. The van der Waals surface area contributed by atoms with E-state index in [9.17, 15) is 14.7 Å². The van der Waals surface area contributed by atoms with Crippen LogP contribution in [0.3, 0.4) is 0 Å².